The third-order valence-corrected chi connectivity index (χ3v) is 5.01. The summed E-state index contributed by atoms with van der Waals surface area (Å²) in [7, 11) is 4.09. The number of benzene rings is 1. The molecule has 1 aromatic rings. The molecule has 1 aliphatic carbocycles. The second kappa shape index (κ2) is 6.00. The Morgan fingerprint density at radius 2 is 2.15 bits per heavy atom. The molecule has 1 saturated carbocycles. The van der Waals surface area contributed by atoms with Crippen LogP contribution in [0.25, 0.3) is 0 Å². The van der Waals surface area contributed by atoms with E-state index in [0.717, 1.165) is 19.3 Å². The van der Waals surface area contributed by atoms with Gasteiger partial charge in [0.25, 0.3) is 0 Å². The molecule has 112 valence electrons. The van der Waals surface area contributed by atoms with E-state index in [0.29, 0.717) is 16.5 Å². The van der Waals surface area contributed by atoms with Crippen molar-refractivity contribution in [2.75, 3.05) is 14.1 Å². The third-order valence-electron chi connectivity index (χ3n) is 4.78. The number of nitrogens with two attached hydrogens (primary N) is 1. The van der Waals surface area contributed by atoms with Crippen LogP contribution in [0, 0.1) is 11.7 Å². The average Bonchev–Trinajstić information content (AvgIpc) is 2.37. The lowest BCUT2D eigenvalue weighted by molar-refractivity contribution is 0.0488. The first-order valence-corrected chi connectivity index (χ1v) is 7.62. The highest BCUT2D eigenvalue weighted by Gasteiger charge is 2.43. The lowest BCUT2D eigenvalue weighted by Crippen LogP contribution is -2.55. The maximum Gasteiger partial charge on any atom is 0.129 e. The number of hydrogen-bond donors (Lipinski definition) is 1. The number of halogens is 2. The van der Waals surface area contributed by atoms with Gasteiger partial charge in [0.2, 0.25) is 0 Å². The van der Waals surface area contributed by atoms with Gasteiger partial charge in [-0.15, -0.1) is 0 Å². The van der Waals surface area contributed by atoms with Crippen LogP contribution >= 0.6 is 11.6 Å². The van der Waals surface area contributed by atoms with Gasteiger partial charge >= 0.3 is 0 Å². The SMILES string of the molecule is CC1CCCC(C(N)c2ccc(Cl)cc2F)(N(C)C)C1. The fraction of sp³-hybridized carbons (Fsp3) is 0.625. The number of hydrogen-bond acceptors (Lipinski definition) is 2. The molecule has 0 spiro atoms. The van der Waals surface area contributed by atoms with E-state index in [1.807, 2.05) is 14.1 Å². The van der Waals surface area contributed by atoms with Crippen molar-refractivity contribution in [2.45, 2.75) is 44.2 Å². The molecule has 0 bridgehead atoms. The molecule has 0 aromatic heterocycles. The van der Waals surface area contributed by atoms with Crippen LogP contribution in [0.1, 0.15) is 44.2 Å². The van der Waals surface area contributed by atoms with Gasteiger partial charge in [-0.1, -0.05) is 37.4 Å². The van der Waals surface area contributed by atoms with Crippen molar-refractivity contribution >= 4 is 11.6 Å². The molecular formula is C16H24ClFN2. The van der Waals surface area contributed by atoms with Crippen molar-refractivity contribution in [1.82, 2.24) is 4.90 Å². The van der Waals surface area contributed by atoms with Crippen molar-refractivity contribution < 1.29 is 4.39 Å². The Kier molecular flexibility index (Phi) is 4.73. The van der Waals surface area contributed by atoms with Gasteiger partial charge in [-0.2, -0.15) is 0 Å². The first-order chi connectivity index (χ1) is 9.36. The Labute approximate surface area is 126 Å². The molecule has 4 heteroatoms. The van der Waals surface area contributed by atoms with E-state index < -0.39 is 0 Å². The fourth-order valence-corrected chi connectivity index (χ4v) is 3.73. The molecule has 0 heterocycles. The number of likely N-dealkylation sites (N-methyl/N-ethyl adjacent to an activating group) is 1. The monoisotopic (exact) mass is 298 g/mol. The lowest BCUT2D eigenvalue weighted by atomic mass is 9.70. The Hall–Kier alpha value is -0.640. The summed E-state index contributed by atoms with van der Waals surface area (Å²) < 4.78 is 14.2. The zero-order chi connectivity index (χ0) is 14.9. The fourth-order valence-electron chi connectivity index (χ4n) is 3.57. The Morgan fingerprint density at radius 1 is 1.45 bits per heavy atom. The third kappa shape index (κ3) is 2.85. The highest BCUT2D eigenvalue weighted by atomic mass is 35.5. The molecule has 0 saturated heterocycles. The van der Waals surface area contributed by atoms with Crippen molar-refractivity contribution in [2.24, 2.45) is 11.7 Å². The van der Waals surface area contributed by atoms with Crippen LogP contribution in [-0.4, -0.2) is 24.5 Å². The zero-order valence-electron chi connectivity index (χ0n) is 12.5. The maximum absolute atomic E-state index is 14.2. The molecule has 1 fully saturated rings. The predicted molar refractivity (Wildman–Crippen MR) is 82.4 cm³/mol. The molecule has 2 rings (SSSR count). The molecule has 1 aliphatic rings. The lowest BCUT2D eigenvalue weighted by Gasteiger charge is -2.49. The molecule has 0 amide bonds. The van der Waals surface area contributed by atoms with Gasteiger partial charge in [-0.05, 0) is 45.0 Å². The molecule has 3 unspecified atom stereocenters. The molecular weight excluding hydrogens is 275 g/mol. The largest absolute Gasteiger partial charge is 0.322 e. The van der Waals surface area contributed by atoms with E-state index in [2.05, 4.69) is 11.8 Å². The molecule has 0 radical (unpaired) electrons. The topological polar surface area (TPSA) is 29.3 Å². The van der Waals surface area contributed by atoms with Crippen LogP contribution in [0.3, 0.4) is 0 Å². The van der Waals surface area contributed by atoms with E-state index >= 15 is 0 Å². The van der Waals surface area contributed by atoms with Gasteiger partial charge in [0.15, 0.2) is 0 Å². The second-order valence-corrected chi connectivity index (χ2v) is 6.78. The molecule has 2 N–H and O–H groups in total. The van der Waals surface area contributed by atoms with Gasteiger partial charge in [0.05, 0.1) is 6.04 Å². The van der Waals surface area contributed by atoms with Crippen molar-refractivity contribution in [3.8, 4) is 0 Å². The summed E-state index contributed by atoms with van der Waals surface area (Å²) in [5.41, 5.74) is 6.89. The average molecular weight is 299 g/mol. The minimum Gasteiger partial charge on any atom is -0.322 e. The standard InChI is InChI=1S/C16H24ClFN2/c1-11-5-4-8-16(10-11,20(2)3)15(19)13-7-6-12(17)9-14(13)18/h6-7,9,11,15H,4-5,8,10,19H2,1-3H3. The summed E-state index contributed by atoms with van der Waals surface area (Å²) in [5, 5.41) is 0.411. The summed E-state index contributed by atoms with van der Waals surface area (Å²) in [6, 6.07) is 4.46. The highest BCUT2D eigenvalue weighted by Crippen LogP contribution is 2.43. The van der Waals surface area contributed by atoms with E-state index in [1.165, 1.54) is 12.5 Å². The maximum atomic E-state index is 14.2. The summed E-state index contributed by atoms with van der Waals surface area (Å²) in [4.78, 5) is 2.18. The number of nitrogens with zero attached hydrogens (tertiary/aromatic N) is 1. The highest BCUT2D eigenvalue weighted by molar-refractivity contribution is 6.30. The summed E-state index contributed by atoms with van der Waals surface area (Å²) in [5.74, 6) is 0.317. The molecule has 20 heavy (non-hydrogen) atoms. The van der Waals surface area contributed by atoms with E-state index in [4.69, 9.17) is 17.3 Å². The molecule has 2 nitrogen and oxygen atoms in total. The predicted octanol–water partition coefficient (Wildman–Crippen LogP) is 3.99. The van der Waals surface area contributed by atoms with Crippen molar-refractivity contribution in [3.63, 3.8) is 0 Å². The van der Waals surface area contributed by atoms with Crippen LogP contribution in [0.4, 0.5) is 4.39 Å². The zero-order valence-corrected chi connectivity index (χ0v) is 13.3. The smallest absolute Gasteiger partial charge is 0.129 e. The van der Waals surface area contributed by atoms with Gasteiger partial charge in [0, 0.05) is 16.1 Å². The number of rotatable bonds is 3. The quantitative estimate of drug-likeness (QED) is 0.914. The van der Waals surface area contributed by atoms with Gasteiger partial charge in [0.1, 0.15) is 5.82 Å². The van der Waals surface area contributed by atoms with Crippen LogP contribution in [0.2, 0.25) is 5.02 Å². The summed E-state index contributed by atoms with van der Waals surface area (Å²) in [6.45, 7) is 2.25. The van der Waals surface area contributed by atoms with Crippen LogP contribution < -0.4 is 5.73 Å². The second-order valence-electron chi connectivity index (χ2n) is 6.34. The van der Waals surface area contributed by atoms with E-state index in [1.54, 1.807) is 12.1 Å². The van der Waals surface area contributed by atoms with Crippen LogP contribution in [0.15, 0.2) is 18.2 Å². The summed E-state index contributed by atoms with van der Waals surface area (Å²) >= 11 is 5.84. The first-order valence-electron chi connectivity index (χ1n) is 7.25. The molecule has 3 atom stereocenters. The van der Waals surface area contributed by atoms with Gasteiger partial charge < -0.3 is 10.6 Å². The molecule has 1 aromatic carbocycles. The molecule has 0 aliphatic heterocycles. The normalized spacial score (nSPS) is 28.6. The first kappa shape index (κ1) is 15.7. The van der Waals surface area contributed by atoms with Crippen LogP contribution in [-0.2, 0) is 0 Å². The van der Waals surface area contributed by atoms with Gasteiger partial charge in [-0.25, -0.2) is 4.39 Å². The minimum atomic E-state index is -0.336. The Balaban J connectivity index is 2.38. The minimum absolute atomic E-state index is 0.174. The van der Waals surface area contributed by atoms with E-state index in [-0.39, 0.29) is 17.4 Å². The summed E-state index contributed by atoms with van der Waals surface area (Å²) in [6.07, 6.45) is 4.38. The Bertz CT molecular complexity index is 478. The van der Waals surface area contributed by atoms with Gasteiger partial charge in [-0.3, -0.25) is 0 Å². The van der Waals surface area contributed by atoms with Crippen molar-refractivity contribution in [1.29, 1.82) is 0 Å². The van der Waals surface area contributed by atoms with E-state index in [9.17, 15) is 4.39 Å². The van der Waals surface area contributed by atoms with Crippen LogP contribution in [0.5, 0.6) is 0 Å². The van der Waals surface area contributed by atoms with Crippen molar-refractivity contribution in [3.05, 3.63) is 34.6 Å². The Morgan fingerprint density at radius 3 is 2.70 bits per heavy atom.